The molecule has 0 aromatic carbocycles. The molecule has 0 aliphatic heterocycles. The van der Waals surface area contributed by atoms with Gasteiger partial charge < -0.3 is 5.32 Å². The van der Waals surface area contributed by atoms with Gasteiger partial charge >= 0.3 is 0 Å². The highest BCUT2D eigenvalue weighted by atomic mass is 14.8. The Hall–Kier alpha value is -1.76. The van der Waals surface area contributed by atoms with Crippen LogP contribution in [0.2, 0.25) is 0 Å². The van der Waals surface area contributed by atoms with E-state index >= 15 is 0 Å². The van der Waals surface area contributed by atoms with Crippen molar-refractivity contribution in [2.24, 2.45) is 5.41 Å². The smallest absolute Gasteiger partial charge is 0.0332 e. The Bertz CT molecular complexity index is 684. The van der Waals surface area contributed by atoms with Gasteiger partial charge in [0.05, 0.1) is 0 Å². The summed E-state index contributed by atoms with van der Waals surface area (Å²) in [6.07, 6.45) is 21.0. The molecule has 0 bridgehead atoms. The fourth-order valence-electron chi connectivity index (χ4n) is 3.59. The second-order valence-corrected chi connectivity index (χ2v) is 8.90. The van der Waals surface area contributed by atoms with E-state index in [1.165, 1.54) is 60.9 Å². The molecule has 156 valence electrons. The van der Waals surface area contributed by atoms with Crippen molar-refractivity contribution in [1.29, 1.82) is 0 Å². The van der Waals surface area contributed by atoms with Crippen LogP contribution in [0.1, 0.15) is 87.0 Å². The summed E-state index contributed by atoms with van der Waals surface area (Å²) in [6, 6.07) is 0. The normalized spacial score (nSPS) is 19.8. The molecule has 1 saturated carbocycles. The Kier molecular flexibility index (Phi) is 10.4. The lowest BCUT2D eigenvalue weighted by atomic mass is 9.72. The highest BCUT2D eigenvalue weighted by molar-refractivity contribution is 5.39. The van der Waals surface area contributed by atoms with Crippen LogP contribution in [-0.2, 0) is 0 Å². The van der Waals surface area contributed by atoms with Crippen LogP contribution in [-0.4, -0.2) is 7.05 Å². The van der Waals surface area contributed by atoms with Crippen molar-refractivity contribution in [2.45, 2.75) is 87.0 Å². The first-order valence-corrected chi connectivity index (χ1v) is 11.1. The lowest BCUT2D eigenvalue weighted by Gasteiger charge is -2.32. The number of hydrogen-bond acceptors (Lipinski definition) is 1. The van der Waals surface area contributed by atoms with E-state index in [0.717, 1.165) is 0 Å². The number of allylic oxidation sites excluding steroid dienone is 11. The summed E-state index contributed by atoms with van der Waals surface area (Å²) in [5.74, 6) is 0. The van der Waals surface area contributed by atoms with Gasteiger partial charge in [-0.2, -0.15) is 0 Å². The molecule has 0 aromatic heterocycles. The molecule has 1 heteroatoms. The molecule has 1 N–H and O–H groups in total. The third kappa shape index (κ3) is 8.50. The van der Waals surface area contributed by atoms with E-state index in [-0.39, 0.29) is 0 Å². The van der Waals surface area contributed by atoms with E-state index in [9.17, 15) is 0 Å². The Morgan fingerprint density at radius 1 is 1.04 bits per heavy atom. The Morgan fingerprint density at radius 2 is 1.68 bits per heavy atom. The molecule has 1 nitrogen and oxygen atoms in total. The zero-order valence-electron chi connectivity index (χ0n) is 19.7. The van der Waals surface area contributed by atoms with Gasteiger partial charge in [0.2, 0.25) is 0 Å². The zero-order chi connectivity index (χ0) is 21.2. The lowest BCUT2D eigenvalue weighted by molar-refractivity contribution is 0.377. The van der Waals surface area contributed by atoms with E-state index in [2.05, 4.69) is 90.2 Å². The van der Waals surface area contributed by atoms with Crippen LogP contribution >= 0.6 is 0 Å². The maximum absolute atomic E-state index is 3.30. The van der Waals surface area contributed by atoms with Crippen molar-refractivity contribution in [2.75, 3.05) is 7.05 Å². The van der Waals surface area contributed by atoms with E-state index < -0.39 is 0 Å². The molecule has 0 atom stereocenters. The SMILES string of the molecule is CCC.CNC(/C=C(C)/C=C/C=C(C)/C=C/C1=C(C)CCCC1(C)C)=C1CC1. The number of hydrogen-bond donors (Lipinski definition) is 1. The molecule has 2 aliphatic rings. The van der Waals surface area contributed by atoms with Crippen LogP contribution in [0, 0.1) is 5.41 Å². The van der Waals surface area contributed by atoms with Crippen molar-refractivity contribution in [1.82, 2.24) is 5.32 Å². The first-order chi connectivity index (χ1) is 13.2. The first-order valence-electron chi connectivity index (χ1n) is 11.1. The van der Waals surface area contributed by atoms with Crippen LogP contribution in [0.4, 0.5) is 0 Å². The second kappa shape index (κ2) is 11.9. The Balaban J connectivity index is 0.00000122. The minimum Gasteiger partial charge on any atom is -0.388 e. The summed E-state index contributed by atoms with van der Waals surface area (Å²) in [5, 5.41) is 3.30. The predicted molar refractivity (Wildman–Crippen MR) is 127 cm³/mol. The average molecular weight is 382 g/mol. The van der Waals surface area contributed by atoms with Gasteiger partial charge in [0.1, 0.15) is 0 Å². The second-order valence-electron chi connectivity index (χ2n) is 8.90. The molecule has 0 amide bonds. The quantitative estimate of drug-likeness (QED) is 0.457. The van der Waals surface area contributed by atoms with Gasteiger partial charge in [-0.05, 0) is 81.1 Å². The molecule has 0 unspecified atom stereocenters. The lowest BCUT2D eigenvalue weighted by Crippen LogP contribution is -2.19. The first kappa shape index (κ1) is 24.3. The maximum atomic E-state index is 3.30. The average Bonchev–Trinajstić information content (AvgIpc) is 3.44. The number of rotatable bonds is 6. The number of nitrogens with one attached hydrogen (secondary N) is 1. The van der Waals surface area contributed by atoms with E-state index in [0.29, 0.717) is 5.41 Å². The summed E-state index contributed by atoms with van der Waals surface area (Å²) in [5.41, 5.74) is 8.81. The Morgan fingerprint density at radius 3 is 2.21 bits per heavy atom. The van der Waals surface area contributed by atoms with Gasteiger partial charge in [0.15, 0.2) is 0 Å². The van der Waals surface area contributed by atoms with Gasteiger partial charge in [0, 0.05) is 12.7 Å². The molecule has 1 fully saturated rings. The molecule has 2 aliphatic carbocycles. The van der Waals surface area contributed by atoms with Crippen LogP contribution in [0.3, 0.4) is 0 Å². The minimum absolute atomic E-state index is 0.314. The fourth-order valence-corrected chi connectivity index (χ4v) is 3.59. The molecule has 0 heterocycles. The summed E-state index contributed by atoms with van der Waals surface area (Å²) in [6.45, 7) is 15.6. The van der Waals surface area contributed by atoms with Gasteiger partial charge in [0.25, 0.3) is 0 Å². The topological polar surface area (TPSA) is 12.0 Å². The molecule has 2 rings (SSSR count). The molecule has 0 radical (unpaired) electrons. The van der Waals surface area contributed by atoms with E-state index in [4.69, 9.17) is 0 Å². The molecule has 0 spiro atoms. The molecule has 28 heavy (non-hydrogen) atoms. The van der Waals surface area contributed by atoms with Crippen LogP contribution < -0.4 is 5.32 Å². The molecular formula is C27H43N. The summed E-state index contributed by atoms with van der Waals surface area (Å²) in [7, 11) is 2.01. The van der Waals surface area contributed by atoms with Crippen molar-refractivity contribution in [3.05, 3.63) is 70.0 Å². The Labute approximate surface area is 175 Å². The summed E-state index contributed by atoms with van der Waals surface area (Å²) in [4.78, 5) is 0. The predicted octanol–water partition coefficient (Wildman–Crippen LogP) is 8.20. The van der Waals surface area contributed by atoms with Crippen molar-refractivity contribution < 1.29 is 0 Å². The van der Waals surface area contributed by atoms with Gasteiger partial charge in [-0.15, -0.1) is 0 Å². The number of likely N-dealkylation sites (N-methyl/N-ethyl adjacent to an activating group) is 1. The highest BCUT2D eigenvalue weighted by Crippen LogP contribution is 2.40. The highest BCUT2D eigenvalue weighted by Gasteiger charge is 2.26. The van der Waals surface area contributed by atoms with E-state index in [1.807, 2.05) is 7.05 Å². The van der Waals surface area contributed by atoms with Crippen LogP contribution in [0.5, 0.6) is 0 Å². The van der Waals surface area contributed by atoms with Gasteiger partial charge in [-0.25, -0.2) is 0 Å². The minimum atomic E-state index is 0.314. The molecule has 0 aromatic rings. The van der Waals surface area contributed by atoms with Gasteiger partial charge in [-0.3, -0.25) is 0 Å². The monoisotopic (exact) mass is 381 g/mol. The molecule has 0 saturated heterocycles. The van der Waals surface area contributed by atoms with Crippen LogP contribution in [0.15, 0.2) is 70.0 Å². The third-order valence-corrected chi connectivity index (χ3v) is 5.30. The standard InChI is InChI=1S/C24H35N.C3H8/c1-18(12-15-22-20(3)11-8-16-24(22,4)5)9-7-10-19(2)17-23(25-6)21-13-14-21;1-3-2/h7,9-10,12,15,17,25H,8,11,13-14,16H2,1-6H3;3H2,1-2H3/b10-7+,15-12+,18-9+,19-17+;. The van der Waals surface area contributed by atoms with Crippen molar-refractivity contribution in [3.8, 4) is 0 Å². The van der Waals surface area contributed by atoms with Gasteiger partial charge in [-0.1, -0.05) is 75.6 Å². The maximum Gasteiger partial charge on any atom is 0.0332 e. The zero-order valence-corrected chi connectivity index (χ0v) is 19.7. The summed E-state index contributed by atoms with van der Waals surface area (Å²) >= 11 is 0. The molecular weight excluding hydrogens is 338 g/mol. The third-order valence-electron chi connectivity index (χ3n) is 5.30. The van der Waals surface area contributed by atoms with Crippen molar-refractivity contribution in [3.63, 3.8) is 0 Å². The largest absolute Gasteiger partial charge is 0.388 e. The summed E-state index contributed by atoms with van der Waals surface area (Å²) < 4.78 is 0. The fraction of sp³-hybridized carbons (Fsp3) is 0.556. The van der Waals surface area contributed by atoms with E-state index in [1.54, 1.807) is 11.1 Å². The van der Waals surface area contributed by atoms with Crippen molar-refractivity contribution >= 4 is 0 Å². The van der Waals surface area contributed by atoms with Crippen LogP contribution in [0.25, 0.3) is 0 Å².